The fraction of sp³-hybridized carbons (Fsp3) is 0.778. The molecule has 0 saturated heterocycles. The van der Waals surface area contributed by atoms with E-state index in [0.717, 1.165) is 19.3 Å². The number of hydrogen-bond acceptors (Lipinski definition) is 2. The lowest BCUT2D eigenvalue weighted by atomic mass is 10.2. The molecule has 0 heterocycles. The topological polar surface area (TPSA) is 40.5 Å². The van der Waals surface area contributed by atoms with Gasteiger partial charge in [0.15, 0.2) is 0 Å². The van der Waals surface area contributed by atoms with Crippen molar-refractivity contribution in [1.29, 1.82) is 0 Å². The second kappa shape index (κ2) is 6.38. The molecule has 0 rings (SSSR count). The van der Waals surface area contributed by atoms with Crippen LogP contribution >= 0.6 is 0 Å². The summed E-state index contributed by atoms with van der Waals surface area (Å²) in [4.78, 5) is 0. The first-order valence-corrected chi connectivity index (χ1v) is 4.21. The van der Waals surface area contributed by atoms with Crippen LogP contribution in [0, 0.1) is 0 Å². The second-order valence-corrected chi connectivity index (χ2v) is 2.80. The molecular formula is C9H18O2. The molecule has 0 fully saturated rings. The summed E-state index contributed by atoms with van der Waals surface area (Å²) in [5, 5.41) is 18.0. The van der Waals surface area contributed by atoms with Crippen molar-refractivity contribution in [2.45, 2.75) is 45.3 Å². The van der Waals surface area contributed by atoms with Crippen LogP contribution in [0.3, 0.4) is 0 Å². The molecule has 2 heteroatoms. The lowest BCUT2D eigenvalue weighted by molar-refractivity contribution is 0.0617. The van der Waals surface area contributed by atoms with Crippen molar-refractivity contribution in [1.82, 2.24) is 0 Å². The maximum atomic E-state index is 9.09. The van der Waals surface area contributed by atoms with Crippen LogP contribution in [0.15, 0.2) is 12.2 Å². The van der Waals surface area contributed by atoms with Crippen LogP contribution in [0.2, 0.25) is 0 Å². The molecule has 2 N–H and O–H groups in total. The number of aliphatic hydroxyl groups is 2. The van der Waals surface area contributed by atoms with E-state index < -0.39 is 12.2 Å². The predicted molar refractivity (Wildman–Crippen MR) is 46.4 cm³/mol. The molecule has 0 aliphatic heterocycles. The summed E-state index contributed by atoms with van der Waals surface area (Å²) in [7, 11) is 0. The van der Waals surface area contributed by atoms with Crippen LogP contribution in [0.1, 0.15) is 33.1 Å². The van der Waals surface area contributed by atoms with E-state index in [4.69, 9.17) is 10.2 Å². The predicted octanol–water partition coefficient (Wildman–Crippen LogP) is 1.47. The van der Waals surface area contributed by atoms with Crippen molar-refractivity contribution in [3.05, 3.63) is 12.2 Å². The first kappa shape index (κ1) is 10.7. The van der Waals surface area contributed by atoms with Gasteiger partial charge in [-0.3, -0.25) is 0 Å². The average molecular weight is 158 g/mol. The first-order chi connectivity index (χ1) is 5.18. The Balaban J connectivity index is 3.40. The monoisotopic (exact) mass is 158 g/mol. The molecule has 66 valence electrons. The third-order valence-corrected chi connectivity index (χ3v) is 1.55. The van der Waals surface area contributed by atoms with Gasteiger partial charge in [0.25, 0.3) is 0 Å². The highest BCUT2D eigenvalue weighted by Gasteiger charge is 2.04. The minimum Gasteiger partial charge on any atom is -0.390 e. The number of aliphatic hydroxyl groups excluding tert-OH is 2. The van der Waals surface area contributed by atoms with E-state index in [2.05, 4.69) is 6.92 Å². The molecule has 0 radical (unpaired) electrons. The zero-order valence-corrected chi connectivity index (χ0v) is 7.33. The van der Waals surface area contributed by atoms with Gasteiger partial charge in [0.05, 0.1) is 12.2 Å². The Morgan fingerprint density at radius 3 is 2.45 bits per heavy atom. The molecule has 0 bridgehead atoms. The molecule has 0 aliphatic rings. The molecule has 2 atom stereocenters. The van der Waals surface area contributed by atoms with E-state index in [1.807, 2.05) is 6.08 Å². The van der Waals surface area contributed by atoms with Crippen molar-refractivity contribution in [3.63, 3.8) is 0 Å². The Morgan fingerprint density at radius 2 is 2.00 bits per heavy atom. The van der Waals surface area contributed by atoms with Crippen molar-refractivity contribution < 1.29 is 10.2 Å². The van der Waals surface area contributed by atoms with Crippen LogP contribution in [-0.2, 0) is 0 Å². The van der Waals surface area contributed by atoms with E-state index in [0.29, 0.717) is 0 Å². The SMILES string of the molecule is CCCC/C=C\[C@H](O)[C@H](C)O. The van der Waals surface area contributed by atoms with Gasteiger partial charge in [-0.15, -0.1) is 0 Å². The summed E-state index contributed by atoms with van der Waals surface area (Å²) in [6, 6.07) is 0. The molecule has 0 saturated carbocycles. The van der Waals surface area contributed by atoms with E-state index in [9.17, 15) is 0 Å². The summed E-state index contributed by atoms with van der Waals surface area (Å²) < 4.78 is 0. The summed E-state index contributed by atoms with van der Waals surface area (Å²) in [5.74, 6) is 0. The second-order valence-electron chi connectivity index (χ2n) is 2.80. The highest BCUT2D eigenvalue weighted by atomic mass is 16.3. The average Bonchev–Trinajstić information content (AvgIpc) is 1.97. The number of rotatable bonds is 5. The van der Waals surface area contributed by atoms with E-state index in [-0.39, 0.29) is 0 Å². The Hall–Kier alpha value is -0.340. The van der Waals surface area contributed by atoms with Gasteiger partial charge >= 0.3 is 0 Å². The largest absolute Gasteiger partial charge is 0.390 e. The van der Waals surface area contributed by atoms with Crippen molar-refractivity contribution in [2.24, 2.45) is 0 Å². The van der Waals surface area contributed by atoms with Crippen LogP contribution in [0.4, 0.5) is 0 Å². The summed E-state index contributed by atoms with van der Waals surface area (Å²) in [6.45, 7) is 3.70. The standard InChI is InChI=1S/C9H18O2/c1-3-4-5-6-7-9(11)8(2)10/h6-11H,3-5H2,1-2H3/b7-6-/t8-,9-/m0/s1. The van der Waals surface area contributed by atoms with Gasteiger partial charge in [-0.1, -0.05) is 31.9 Å². The van der Waals surface area contributed by atoms with E-state index in [1.165, 1.54) is 0 Å². The fourth-order valence-corrected chi connectivity index (χ4v) is 0.718. The molecular weight excluding hydrogens is 140 g/mol. The number of allylic oxidation sites excluding steroid dienone is 1. The van der Waals surface area contributed by atoms with Gasteiger partial charge in [0.1, 0.15) is 0 Å². The molecule has 2 nitrogen and oxygen atoms in total. The first-order valence-electron chi connectivity index (χ1n) is 4.21. The van der Waals surface area contributed by atoms with Crippen LogP contribution in [0.25, 0.3) is 0 Å². The Labute approximate surface area is 68.6 Å². The number of hydrogen-bond donors (Lipinski definition) is 2. The third kappa shape index (κ3) is 6.07. The molecule has 11 heavy (non-hydrogen) atoms. The third-order valence-electron chi connectivity index (χ3n) is 1.55. The van der Waals surface area contributed by atoms with E-state index in [1.54, 1.807) is 13.0 Å². The molecule has 0 aromatic carbocycles. The maximum absolute atomic E-state index is 9.09. The highest BCUT2D eigenvalue weighted by Crippen LogP contribution is 1.98. The van der Waals surface area contributed by atoms with Crippen LogP contribution in [0.5, 0.6) is 0 Å². The smallest absolute Gasteiger partial charge is 0.0977 e. The minimum absolute atomic E-state index is 0.659. The van der Waals surface area contributed by atoms with Gasteiger partial charge in [0, 0.05) is 0 Å². The van der Waals surface area contributed by atoms with Crippen LogP contribution in [-0.4, -0.2) is 22.4 Å². The van der Waals surface area contributed by atoms with Crippen molar-refractivity contribution in [2.75, 3.05) is 0 Å². The van der Waals surface area contributed by atoms with Crippen molar-refractivity contribution >= 4 is 0 Å². The van der Waals surface area contributed by atoms with Gasteiger partial charge in [-0.25, -0.2) is 0 Å². The maximum Gasteiger partial charge on any atom is 0.0977 e. The van der Waals surface area contributed by atoms with E-state index >= 15 is 0 Å². The Bertz CT molecular complexity index is 108. The van der Waals surface area contributed by atoms with Crippen molar-refractivity contribution in [3.8, 4) is 0 Å². The normalized spacial score (nSPS) is 17.1. The molecule has 0 amide bonds. The van der Waals surface area contributed by atoms with Crippen LogP contribution < -0.4 is 0 Å². The molecule has 0 aromatic rings. The Kier molecular flexibility index (Phi) is 6.18. The summed E-state index contributed by atoms with van der Waals surface area (Å²) in [5.41, 5.74) is 0. The Morgan fingerprint density at radius 1 is 1.36 bits per heavy atom. The minimum atomic E-state index is -0.702. The summed E-state index contributed by atoms with van der Waals surface area (Å²) in [6.07, 6.45) is 5.50. The zero-order valence-electron chi connectivity index (χ0n) is 7.33. The van der Waals surface area contributed by atoms with Gasteiger partial charge in [-0.2, -0.15) is 0 Å². The quantitative estimate of drug-likeness (QED) is 0.470. The summed E-state index contributed by atoms with van der Waals surface area (Å²) >= 11 is 0. The zero-order chi connectivity index (χ0) is 8.69. The fourth-order valence-electron chi connectivity index (χ4n) is 0.718. The lowest BCUT2D eigenvalue weighted by Crippen LogP contribution is -2.19. The molecule has 0 aromatic heterocycles. The molecule has 0 spiro atoms. The van der Waals surface area contributed by atoms with Gasteiger partial charge < -0.3 is 10.2 Å². The molecule has 0 unspecified atom stereocenters. The van der Waals surface area contributed by atoms with Gasteiger partial charge in [0.2, 0.25) is 0 Å². The molecule has 0 aliphatic carbocycles. The van der Waals surface area contributed by atoms with Gasteiger partial charge in [-0.05, 0) is 13.3 Å². The highest BCUT2D eigenvalue weighted by molar-refractivity contribution is 4.90. The number of unbranched alkanes of at least 4 members (excludes halogenated alkanes) is 2. The lowest BCUT2D eigenvalue weighted by Gasteiger charge is -2.07.